The third-order valence-electron chi connectivity index (χ3n) is 2.39. The van der Waals surface area contributed by atoms with Gasteiger partial charge in [0.2, 0.25) is 0 Å². The van der Waals surface area contributed by atoms with Crippen LogP contribution in [0.2, 0.25) is 19.6 Å². The normalized spacial score (nSPS) is 23.5. The summed E-state index contributed by atoms with van der Waals surface area (Å²) in [5.74, 6) is 3.14. The van der Waals surface area contributed by atoms with Crippen LogP contribution in [0.5, 0.6) is 0 Å². The van der Waals surface area contributed by atoms with Gasteiger partial charge in [0.25, 0.3) is 0 Å². The van der Waals surface area contributed by atoms with Gasteiger partial charge in [-0.25, -0.2) is 0 Å². The van der Waals surface area contributed by atoms with Crippen LogP contribution in [0, 0.1) is 11.5 Å². The van der Waals surface area contributed by atoms with Gasteiger partial charge in [0, 0.05) is 11.1 Å². The average Bonchev–Trinajstić information content (AvgIpc) is 2.53. The zero-order valence-electron chi connectivity index (χ0n) is 9.82. The van der Waals surface area contributed by atoms with Gasteiger partial charge in [-0.3, -0.25) is 0 Å². The maximum Gasteiger partial charge on any atom is 0.183 e. The van der Waals surface area contributed by atoms with Gasteiger partial charge in [0.15, 0.2) is 6.29 Å². The SMILES string of the molecule is C[Si](C)(C)C#CC1OC(O)c2ccccc21. The first kappa shape index (κ1) is 11.4. The summed E-state index contributed by atoms with van der Waals surface area (Å²) in [6.07, 6.45) is -1.09. The van der Waals surface area contributed by atoms with Crippen molar-refractivity contribution in [3.05, 3.63) is 35.4 Å². The number of aliphatic hydroxyl groups is 1. The van der Waals surface area contributed by atoms with Gasteiger partial charge < -0.3 is 9.84 Å². The van der Waals surface area contributed by atoms with E-state index in [4.69, 9.17) is 4.74 Å². The summed E-state index contributed by atoms with van der Waals surface area (Å²) in [7, 11) is -1.39. The molecule has 0 aromatic heterocycles. The molecule has 1 aliphatic rings. The van der Waals surface area contributed by atoms with Crippen LogP contribution >= 0.6 is 0 Å². The smallest absolute Gasteiger partial charge is 0.183 e. The molecule has 2 unspecified atom stereocenters. The molecule has 1 heterocycles. The first-order valence-electron chi connectivity index (χ1n) is 5.42. The van der Waals surface area contributed by atoms with E-state index in [1.807, 2.05) is 24.3 Å². The molecule has 1 aliphatic heterocycles. The molecule has 0 saturated carbocycles. The second kappa shape index (κ2) is 4.06. The number of fused-ring (bicyclic) bond motifs is 1. The van der Waals surface area contributed by atoms with Crippen LogP contribution in [0.15, 0.2) is 24.3 Å². The van der Waals surface area contributed by atoms with Gasteiger partial charge in [0.05, 0.1) is 0 Å². The Hall–Kier alpha value is -1.08. The molecule has 16 heavy (non-hydrogen) atoms. The summed E-state index contributed by atoms with van der Waals surface area (Å²) in [6, 6.07) is 7.70. The van der Waals surface area contributed by atoms with Crippen LogP contribution in [0.25, 0.3) is 0 Å². The highest BCUT2D eigenvalue weighted by Crippen LogP contribution is 2.36. The second-order valence-electron chi connectivity index (χ2n) is 5.02. The summed E-state index contributed by atoms with van der Waals surface area (Å²) in [4.78, 5) is 0. The maximum atomic E-state index is 9.70. The predicted octanol–water partition coefficient (Wildman–Crippen LogP) is 2.63. The van der Waals surface area contributed by atoms with E-state index in [2.05, 4.69) is 31.1 Å². The third-order valence-corrected chi connectivity index (χ3v) is 3.28. The van der Waals surface area contributed by atoms with Crippen molar-refractivity contribution in [1.29, 1.82) is 0 Å². The fraction of sp³-hybridized carbons (Fsp3) is 0.385. The molecule has 2 atom stereocenters. The van der Waals surface area contributed by atoms with E-state index in [0.29, 0.717) is 0 Å². The van der Waals surface area contributed by atoms with Crippen molar-refractivity contribution in [2.75, 3.05) is 0 Å². The largest absolute Gasteiger partial charge is 0.364 e. The highest BCUT2D eigenvalue weighted by atomic mass is 28.3. The average molecular weight is 232 g/mol. The molecule has 0 bridgehead atoms. The van der Waals surface area contributed by atoms with Crippen molar-refractivity contribution in [3.63, 3.8) is 0 Å². The molecule has 0 aliphatic carbocycles. The minimum Gasteiger partial charge on any atom is -0.364 e. The minimum absolute atomic E-state index is 0.266. The Labute approximate surface area is 97.3 Å². The molecule has 3 heteroatoms. The molecule has 0 saturated heterocycles. The topological polar surface area (TPSA) is 29.5 Å². The lowest BCUT2D eigenvalue weighted by Crippen LogP contribution is -2.16. The van der Waals surface area contributed by atoms with Gasteiger partial charge in [0.1, 0.15) is 14.2 Å². The minimum atomic E-state index is -1.39. The van der Waals surface area contributed by atoms with Crippen LogP contribution < -0.4 is 0 Å². The summed E-state index contributed by atoms with van der Waals surface area (Å²) >= 11 is 0. The lowest BCUT2D eigenvalue weighted by Gasteiger charge is -2.07. The molecular weight excluding hydrogens is 216 g/mol. The maximum absolute atomic E-state index is 9.70. The lowest BCUT2D eigenvalue weighted by atomic mass is 10.1. The molecule has 0 spiro atoms. The fourth-order valence-corrected chi connectivity index (χ4v) is 2.21. The van der Waals surface area contributed by atoms with Crippen LogP contribution in [0.1, 0.15) is 23.5 Å². The number of rotatable bonds is 0. The van der Waals surface area contributed by atoms with Crippen molar-refractivity contribution < 1.29 is 9.84 Å². The molecule has 2 rings (SSSR count). The fourth-order valence-electron chi connectivity index (χ4n) is 1.64. The van der Waals surface area contributed by atoms with E-state index in [0.717, 1.165) is 11.1 Å². The van der Waals surface area contributed by atoms with E-state index in [1.54, 1.807) is 0 Å². The van der Waals surface area contributed by atoms with E-state index in [9.17, 15) is 5.11 Å². The summed E-state index contributed by atoms with van der Waals surface area (Å²) in [5.41, 5.74) is 5.12. The first-order chi connectivity index (χ1) is 7.47. The van der Waals surface area contributed by atoms with E-state index >= 15 is 0 Å². The summed E-state index contributed by atoms with van der Waals surface area (Å²) in [5, 5.41) is 9.70. The predicted molar refractivity (Wildman–Crippen MR) is 66.3 cm³/mol. The molecule has 1 N–H and O–H groups in total. The van der Waals surface area contributed by atoms with Crippen molar-refractivity contribution in [1.82, 2.24) is 0 Å². The molecule has 0 radical (unpaired) electrons. The number of ether oxygens (including phenoxy) is 1. The highest BCUT2D eigenvalue weighted by Gasteiger charge is 2.28. The Kier molecular flexibility index (Phi) is 2.89. The zero-order valence-corrected chi connectivity index (χ0v) is 10.8. The molecule has 0 fully saturated rings. The number of benzene rings is 1. The number of aliphatic hydroxyl groups excluding tert-OH is 1. The van der Waals surface area contributed by atoms with Crippen molar-refractivity contribution in [2.24, 2.45) is 0 Å². The van der Waals surface area contributed by atoms with Crippen LogP contribution in [0.3, 0.4) is 0 Å². The van der Waals surface area contributed by atoms with Crippen LogP contribution in [-0.4, -0.2) is 13.2 Å². The lowest BCUT2D eigenvalue weighted by molar-refractivity contribution is -0.104. The number of hydrogen-bond donors (Lipinski definition) is 1. The monoisotopic (exact) mass is 232 g/mol. The first-order valence-corrected chi connectivity index (χ1v) is 8.92. The van der Waals surface area contributed by atoms with Gasteiger partial charge >= 0.3 is 0 Å². The Bertz CT molecular complexity index is 451. The van der Waals surface area contributed by atoms with Crippen LogP contribution in [0.4, 0.5) is 0 Å². The Morgan fingerprint density at radius 1 is 1.19 bits per heavy atom. The van der Waals surface area contributed by atoms with E-state index in [-0.39, 0.29) is 6.10 Å². The van der Waals surface area contributed by atoms with E-state index in [1.165, 1.54) is 0 Å². The van der Waals surface area contributed by atoms with Crippen molar-refractivity contribution in [3.8, 4) is 11.5 Å². The Morgan fingerprint density at radius 2 is 1.81 bits per heavy atom. The van der Waals surface area contributed by atoms with Gasteiger partial charge in [-0.1, -0.05) is 49.8 Å². The van der Waals surface area contributed by atoms with Crippen molar-refractivity contribution >= 4 is 8.07 Å². The van der Waals surface area contributed by atoms with Gasteiger partial charge in [-0.05, 0) is 0 Å². The molecule has 2 nitrogen and oxygen atoms in total. The Balaban J connectivity index is 2.30. The second-order valence-corrected chi connectivity index (χ2v) is 9.77. The molecule has 1 aromatic rings. The summed E-state index contributed by atoms with van der Waals surface area (Å²) < 4.78 is 5.43. The Morgan fingerprint density at radius 3 is 2.44 bits per heavy atom. The third kappa shape index (κ3) is 2.35. The summed E-state index contributed by atoms with van der Waals surface area (Å²) in [6.45, 7) is 6.58. The standard InChI is InChI=1S/C13H16O2Si/c1-16(2,3)9-8-12-10-6-4-5-7-11(10)13(14)15-12/h4-7,12-14H,1-3H3. The molecular formula is C13H16O2Si. The van der Waals surface area contributed by atoms with Gasteiger partial charge in [-0.15, -0.1) is 5.54 Å². The van der Waals surface area contributed by atoms with Crippen molar-refractivity contribution in [2.45, 2.75) is 32.0 Å². The molecule has 1 aromatic carbocycles. The van der Waals surface area contributed by atoms with Gasteiger partial charge in [-0.2, -0.15) is 0 Å². The number of hydrogen-bond acceptors (Lipinski definition) is 2. The quantitative estimate of drug-likeness (QED) is 0.550. The van der Waals surface area contributed by atoms with E-state index < -0.39 is 14.4 Å². The van der Waals surface area contributed by atoms with Crippen LogP contribution in [-0.2, 0) is 4.74 Å². The molecule has 84 valence electrons. The molecule has 0 amide bonds. The highest BCUT2D eigenvalue weighted by molar-refractivity contribution is 6.83. The zero-order chi connectivity index (χ0) is 11.8.